The largest absolute Gasteiger partial charge is 0.383 e. The zero-order chi connectivity index (χ0) is 21.0. The molecule has 29 heavy (non-hydrogen) atoms. The Kier molecular flexibility index (Phi) is 6.69. The maximum atomic E-state index is 13.2. The number of thiazole rings is 1. The molecular weight excluding hydrogens is 390 g/mol. The number of carbonyl (C=O) groups is 2. The third kappa shape index (κ3) is 4.84. The van der Waals surface area contributed by atoms with Crippen molar-refractivity contribution in [3.63, 3.8) is 0 Å². The van der Waals surface area contributed by atoms with Crippen LogP contribution in [0.1, 0.15) is 70.9 Å². The van der Waals surface area contributed by atoms with E-state index < -0.39 is 0 Å². The van der Waals surface area contributed by atoms with Gasteiger partial charge in [-0.25, -0.2) is 4.98 Å². The van der Waals surface area contributed by atoms with E-state index in [0.29, 0.717) is 36.7 Å². The lowest BCUT2D eigenvalue weighted by molar-refractivity contribution is 0.0708. The minimum Gasteiger partial charge on any atom is -0.383 e. The van der Waals surface area contributed by atoms with Gasteiger partial charge in [0.15, 0.2) is 0 Å². The Morgan fingerprint density at radius 3 is 2.93 bits per heavy atom. The van der Waals surface area contributed by atoms with Crippen LogP contribution in [-0.4, -0.2) is 65.2 Å². The van der Waals surface area contributed by atoms with Crippen LogP contribution >= 0.6 is 11.3 Å². The van der Waals surface area contributed by atoms with Gasteiger partial charge in [0.2, 0.25) is 0 Å². The fourth-order valence-corrected chi connectivity index (χ4v) is 4.59. The number of aromatic amines is 1. The number of H-pyrrole nitrogens is 1. The van der Waals surface area contributed by atoms with Gasteiger partial charge < -0.3 is 15.0 Å². The van der Waals surface area contributed by atoms with Crippen molar-refractivity contribution < 1.29 is 14.3 Å². The third-order valence-electron chi connectivity index (χ3n) is 5.09. The minimum absolute atomic E-state index is 0.0211. The highest BCUT2D eigenvalue weighted by Gasteiger charge is 2.32. The average molecular weight is 420 g/mol. The van der Waals surface area contributed by atoms with E-state index in [4.69, 9.17) is 4.74 Å². The molecule has 0 spiro atoms. The number of piperidine rings is 1. The molecule has 0 aromatic carbocycles. The number of nitrogens with one attached hydrogen (secondary N) is 2. The number of hydrogen-bond acceptors (Lipinski definition) is 6. The minimum atomic E-state index is -0.184. The van der Waals surface area contributed by atoms with Gasteiger partial charge in [-0.15, -0.1) is 11.3 Å². The molecule has 1 fully saturated rings. The highest BCUT2D eigenvalue weighted by atomic mass is 32.1. The number of rotatable bonds is 6. The second kappa shape index (κ2) is 9.04. The molecule has 2 N–H and O–H groups in total. The van der Waals surface area contributed by atoms with Crippen molar-refractivity contribution in [2.45, 2.75) is 44.9 Å². The lowest BCUT2D eigenvalue weighted by Gasteiger charge is -2.33. The third-order valence-corrected chi connectivity index (χ3v) is 5.91. The first kappa shape index (κ1) is 21.4. The summed E-state index contributed by atoms with van der Waals surface area (Å²) in [5.41, 5.74) is 3.73. The van der Waals surface area contributed by atoms with Gasteiger partial charge in [-0.2, -0.15) is 5.10 Å². The van der Waals surface area contributed by atoms with Gasteiger partial charge in [-0.1, -0.05) is 20.8 Å². The van der Waals surface area contributed by atoms with Crippen LogP contribution in [0, 0.1) is 0 Å². The van der Waals surface area contributed by atoms with Crippen molar-refractivity contribution in [2.24, 2.45) is 0 Å². The molecular formula is C20H29N5O3S. The smallest absolute Gasteiger partial charge is 0.265 e. The molecule has 0 radical (unpaired) electrons. The molecule has 1 saturated heterocycles. The van der Waals surface area contributed by atoms with Crippen molar-refractivity contribution in [3.05, 3.63) is 33.5 Å². The quantitative estimate of drug-likeness (QED) is 0.701. The fourth-order valence-electron chi connectivity index (χ4n) is 3.62. The van der Waals surface area contributed by atoms with Crippen LogP contribution in [0.4, 0.5) is 0 Å². The highest BCUT2D eigenvalue weighted by Crippen LogP contribution is 2.32. The Hall–Kier alpha value is -2.26. The molecule has 8 nitrogen and oxygen atoms in total. The van der Waals surface area contributed by atoms with Crippen LogP contribution in [0.3, 0.4) is 0 Å². The van der Waals surface area contributed by atoms with Crippen molar-refractivity contribution in [1.29, 1.82) is 0 Å². The number of methoxy groups -OCH3 is 1. The number of aromatic nitrogens is 3. The number of likely N-dealkylation sites (tertiary alicyclic amines) is 1. The van der Waals surface area contributed by atoms with Gasteiger partial charge in [0.25, 0.3) is 11.8 Å². The normalized spacial score (nSPS) is 17.4. The van der Waals surface area contributed by atoms with E-state index in [0.717, 1.165) is 24.2 Å². The van der Waals surface area contributed by atoms with Crippen molar-refractivity contribution in [3.8, 4) is 0 Å². The highest BCUT2D eigenvalue weighted by molar-refractivity contribution is 7.11. The van der Waals surface area contributed by atoms with Gasteiger partial charge in [-0.05, 0) is 12.8 Å². The van der Waals surface area contributed by atoms with Crippen molar-refractivity contribution in [2.75, 3.05) is 33.4 Å². The summed E-state index contributed by atoms with van der Waals surface area (Å²) in [7, 11) is 1.59. The number of hydrogen-bond donors (Lipinski definition) is 2. The molecule has 0 saturated carbocycles. The predicted octanol–water partition coefficient (Wildman–Crippen LogP) is 2.56. The molecule has 2 aromatic rings. The summed E-state index contributed by atoms with van der Waals surface area (Å²) in [6, 6.07) is 0. The number of carbonyl (C=O) groups excluding carboxylic acids is 2. The van der Waals surface area contributed by atoms with Gasteiger partial charge in [0, 0.05) is 38.1 Å². The Morgan fingerprint density at radius 2 is 2.21 bits per heavy atom. The van der Waals surface area contributed by atoms with E-state index in [2.05, 4.69) is 41.3 Å². The van der Waals surface area contributed by atoms with Crippen LogP contribution < -0.4 is 5.32 Å². The summed E-state index contributed by atoms with van der Waals surface area (Å²) in [6.45, 7) is 8.36. The second-order valence-electron chi connectivity index (χ2n) is 8.32. The fraction of sp³-hybridized carbons (Fsp3) is 0.600. The van der Waals surface area contributed by atoms with E-state index in [-0.39, 0.29) is 23.1 Å². The number of nitrogens with zero attached hydrogens (tertiary/aromatic N) is 3. The van der Waals surface area contributed by atoms with Crippen LogP contribution in [0.2, 0.25) is 0 Å². The van der Waals surface area contributed by atoms with Crippen LogP contribution in [0.5, 0.6) is 0 Å². The topological polar surface area (TPSA) is 100 Å². The maximum absolute atomic E-state index is 13.2. The average Bonchev–Trinajstić information content (AvgIpc) is 3.37. The molecule has 1 aliphatic heterocycles. The standard InChI is InChI=1S/C20H29N5O3S/c1-20(2,3)17-16(29-12-22-17)19(27)25-8-5-6-13(11-25)15-14(10-23-24-15)18(26)21-7-9-28-4/h10,12-13H,5-9,11H2,1-4H3,(H,21,26)(H,23,24)/t13-/m1/s1. The van der Waals surface area contributed by atoms with Crippen LogP contribution in [0.25, 0.3) is 0 Å². The van der Waals surface area contributed by atoms with Crippen molar-refractivity contribution in [1.82, 2.24) is 25.4 Å². The van der Waals surface area contributed by atoms with Crippen LogP contribution in [0.15, 0.2) is 11.7 Å². The Labute approximate surface area is 175 Å². The maximum Gasteiger partial charge on any atom is 0.265 e. The van der Waals surface area contributed by atoms with Gasteiger partial charge in [-0.3, -0.25) is 14.7 Å². The molecule has 2 aromatic heterocycles. The molecule has 0 unspecified atom stereocenters. The lowest BCUT2D eigenvalue weighted by Crippen LogP contribution is -2.40. The lowest BCUT2D eigenvalue weighted by atomic mass is 9.90. The second-order valence-corrected chi connectivity index (χ2v) is 9.17. The monoisotopic (exact) mass is 419 g/mol. The molecule has 158 valence electrons. The SMILES string of the molecule is COCCNC(=O)c1cn[nH]c1[C@@H]1CCCN(C(=O)c2scnc2C(C)(C)C)C1. The number of amides is 2. The molecule has 9 heteroatoms. The first-order valence-electron chi connectivity index (χ1n) is 9.86. The van der Waals surface area contributed by atoms with E-state index in [1.807, 2.05) is 4.90 Å². The van der Waals surface area contributed by atoms with Gasteiger partial charge in [0.1, 0.15) is 4.88 Å². The van der Waals surface area contributed by atoms with E-state index in [1.54, 1.807) is 18.8 Å². The van der Waals surface area contributed by atoms with E-state index in [9.17, 15) is 9.59 Å². The zero-order valence-electron chi connectivity index (χ0n) is 17.4. The molecule has 3 heterocycles. The molecule has 0 bridgehead atoms. The summed E-state index contributed by atoms with van der Waals surface area (Å²) in [4.78, 5) is 32.7. The summed E-state index contributed by atoms with van der Waals surface area (Å²) in [6.07, 6.45) is 3.34. The van der Waals surface area contributed by atoms with E-state index >= 15 is 0 Å². The summed E-state index contributed by atoms with van der Waals surface area (Å²) < 4.78 is 4.98. The molecule has 0 aliphatic carbocycles. The molecule has 2 amide bonds. The summed E-state index contributed by atoms with van der Waals surface area (Å²) in [5, 5.41) is 9.91. The molecule has 1 atom stereocenters. The number of ether oxygens (including phenoxy) is 1. The predicted molar refractivity (Wildman–Crippen MR) is 111 cm³/mol. The summed E-state index contributed by atoms with van der Waals surface area (Å²) in [5.74, 6) is -0.108. The first-order chi connectivity index (χ1) is 13.8. The van der Waals surface area contributed by atoms with Crippen molar-refractivity contribution >= 4 is 23.2 Å². The Balaban J connectivity index is 1.74. The zero-order valence-corrected chi connectivity index (χ0v) is 18.3. The molecule has 3 rings (SSSR count). The van der Waals surface area contributed by atoms with Gasteiger partial charge in [0.05, 0.1) is 35.3 Å². The summed E-state index contributed by atoms with van der Waals surface area (Å²) >= 11 is 1.40. The molecule has 1 aliphatic rings. The van der Waals surface area contributed by atoms with Gasteiger partial charge >= 0.3 is 0 Å². The first-order valence-corrected chi connectivity index (χ1v) is 10.7. The van der Waals surface area contributed by atoms with Crippen LogP contribution in [-0.2, 0) is 10.2 Å². The Bertz CT molecular complexity index is 854. The Morgan fingerprint density at radius 1 is 1.41 bits per heavy atom. The van der Waals surface area contributed by atoms with E-state index in [1.165, 1.54) is 11.3 Å².